The predicted octanol–water partition coefficient (Wildman–Crippen LogP) is 2.49. The predicted molar refractivity (Wildman–Crippen MR) is 67.1 cm³/mol. The highest BCUT2D eigenvalue weighted by Crippen LogP contribution is 2.20. The molecule has 1 heterocycles. The topological polar surface area (TPSA) is 48.4 Å². The molecule has 1 aromatic heterocycles. The minimum Gasteiger partial charge on any atom is -0.481 e. The van der Waals surface area contributed by atoms with Gasteiger partial charge in [0.05, 0.1) is 13.0 Å². The third kappa shape index (κ3) is 3.32. The van der Waals surface area contributed by atoms with E-state index >= 15 is 0 Å². The summed E-state index contributed by atoms with van der Waals surface area (Å²) in [5, 5.41) is 0. The third-order valence-corrected chi connectivity index (χ3v) is 2.99. The Kier molecular flexibility index (Phi) is 4.34. The second kappa shape index (κ2) is 6.19. The van der Waals surface area contributed by atoms with Crippen LogP contribution >= 0.6 is 0 Å². The summed E-state index contributed by atoms with van der Waals surface area (Å²) < 4.78 is 10.3. The fourth-order valence-corrected chi connectivity index (χ4v) is 1.90. The van der Waals surface area contributed by atoms with Crippen molar-refractivity contribution in [3.8, 4) is 5.88 Å². The Morgan fingerprint density at radius 3 is 2.94 bits per heavy atom. The average molecular weight is 247 g/mol. The normalized spacial score (nSPS) is 18.4. The number of hydrogen-bond acceptors (Lipinski definition) is 4. The number of carbonyl (C=O) groups is 1. The number of ether oxygens (including phenoxy) is 2. The molecule has 1 aliphatic carbocycles. The Morgan fingerprint density at radius 2 is 2.33 bits per heavy atom. The summed E-state index contributed by atoms with van der Waals surface area (Å²) in [5.41, 5.74) is 0.871. The summed E-state index contributed by atoms with van der Waals surface area (Å²) in [4.78, 5) is 15.9. The molecule has 0 spiro atoms. The minimum absolute atomic E-state index is 0.0150. The van der Waals surface area contributed by atoms with Crippen molar-refractivity contribution in [2.75, 3.05) is 7.11 Å². The summed E-state index contributed by atoms with van der Waals surface area (Å²) >= 11 is 0. The van der Waals surface area contributed by atoms with Gasteiger partial charge in [-0.3, -0.25) is 4.79 Å². The van der Waals surface area contributed by atoms with E-state index in [4.69, 9.17) is 9.47 Å². The molecule has 1 atom stereocenters. The molecule has 0 N–H and O–H groups in total. The van der Waals surface area contributed by atoms with Crippen LogP contribution < -0.4 is 4.74 Å². The zero-order valence-electron chi connectivity index (χ0n) is 10.5. The van der Waals surface area contributed by atoms with Crippen molar-refractivity contribution < 1.29 is 14.3 Å². The molecule has 0 saturated carbocycles. The van der Waals surface area contributed by atoms with Gasteiger partial charge in [-0.25, -0.2) is 4.98 Å². The van der Waals surface area contributed by atoms with E-state index in [9.17, 15) is 4.79 Å². The van der Waals surface area contributed by atoms with Crippen molar-refractivity contribution in [1.29, 1.82) is 0 Å². The second-order valence-electron chi connectivity index (χ2n) is 4.30. The van der Waals surface area contributed by atoms with E-state index in [2.05, 4.69) is 11.1 Å². The number of rotatable bonds is 4. The van der Waals surface area contributed by atoms with E-state index in [0.29, 0.717) is 5.88 Å². The molecular formula is C14H17NO3. The Labute approximate surface area is 107 Å². The highest BCUT2D eigenvalue weighted by molar-refractivity contribution is 5.72. The molecule has 4 heteroatoms. The van der Waals surface area contributed by atoms with Crippen LogP contribution in [0.1, 0.15) is 24.8 Å². The SMILES string of the molecule is COc1ccc(COC(=O)[C@H]2CC=CCC2)cn1. The first kappa shape index (κ1) is 12.6. The van der Waals surface area contributed by atoms with E-state index in [0.717, 1.165) is 24.8 Å². The molecule has 96 valence electrons. The molecule has 1 aliphatic rings. The number of pyridine rings is 1. The van der Waals surface area contributed by atoms with Gasteiger partial charge in [-0.05, 0) is 25.3 Å². The van der Waals surface area contributed by atoms with Crippen LogP contribution in [0.2, 0.25) is 0 Å². The van der Waals surface area contributed by atoms with Crippen molar-refractivity contribution >= 4 is 5.97 Å². The molecule has 1 aromatic rings. The molecule has 0 amide bonds. The Bertz CT molecular complexity index is 425. The number of hydrogen-bond donors (Lipinski definition) is 0. The quantitative estimate of drug-likeness (QED) is 0.606. The fourth-order valence-electron chi connectivity index (χ4n) is 1.90. The smallest absolute Gasteiger partial charge is 0.309 e. The second-order valence-corrected chi connectivity index (χ2v) is 4.30. The lowest BCUT2D eigenvalue weighted by Crippen LogP contribution is -2.18. The zero-order chi connectivity index (χ0) is 12.8. The summed E-state index contributed by atoms with van der Waals surface area (Å²) in [5.74, 6) is 0.457. The molecule has 0 aromatic carbocycles. The van der Waals surface area contributed by atoms with Crippen LogP contribution in [0, 0.1) is 5.92 Å². The fraction of sp³-hybridized carbons (Fsp3) is 0.429. The van der Waals surface area contributed by atoms with E-state index in [1.165, 1.54) is 0 Å². The van der Waals surface area contributed by atoms with Gasteiger partial charge in [0, 0.05) is 17.8 Å². The highest BCUT2D eigenvalue weighted by atomic mass is 16.5. The molecule has 0 radical (unpaired) electrons. The van der Waals surface area contributed by atoms with Crippen LogP contribution in [0.3, 0.4) is 0 Å². The van der Waals surface area contributed by atoms with Gasteiger partial charge in [-0.15, -0.1) is 0 Å². The lowest BCUT2D eigenvalue weighted by atomic mass is 9.95. The number of methoxy groups -OCH3 is 1. The Balaban J connectivity index is 1.82. The maximum Gasteiger partial charge on any atom is 0.309 e. The van der Waals surface area contributed by atoms with Crippen LogP contribution in [0.5, 0.6) is 5.88 Å². The van der Waals surface area contributed by atoms with Gasteiger partial charge in [0.2, 0.25) is 5.88 Å². The lowest BCUT2D eigenvalue weighted by Gasteiger charge is -2.16. The van der Waals surface area contributed by atoms with E-state index < -0.39 is 0 Å². The van der Waals surface area contributed by atoms with Crippen LogP contribution in [0.4, 0.5) is 0 Å². The monoisotopic (exact) mass is 247 g/mol. The molecule has 0 saturated heterocycles. The standard InChI is InChI=1S/C14H17NO3/c1-17-13-8-7-11(9-15-13)10-18-14(16)12-5-3-2-4-6-12/h2-3,7-9,12H,4-6,10H2,1H3/t12-/m0/s1. The largest absolute Gasteiger partial charge is 0.481 e. The molecule has 0 unspecified atom stereocenters. The van der Waals surface area contributed by atoms with Crippen molar-refractivity contribution in [3.63, 3.8) is 0 Å². The van der Waals surface area contributed by atoms with Gasteiger partial charge >= 0.3 is 5.97 Å². The van der Waals surface area contributed by atoms with Gasteiger partial charge in [0.1, 0.15) is 6.61 Å². The first-order valence-electron chi connectivity index (χ1n) is 6.10. The van der Waals surface area contributed by atoms with E-state index in [1.54, 1.807) is 19.4 Å². The van der Waals surface area contributed by atoms with Gasteiger partial charge < -0.3 is 9.47 Å². The van der Waals surface area contributed by atoms with Crippen molar-refractivity contribution in [2.24, 2.45) is 5.92 Å². The maximum atomic E-state index is 11.8. The zero-order valence-corrected chi connectivity index (χ0v) is 10.5. The number of esters is 1. The number of allylic oxidation sites excluding steroid dienone is 2. The molecule has 0 bridgehead atoms. The van der Waals surface area contributed by atoms with Crippen molar-refractivity contribution in [3.05, 3.63) is 36.0 Å². The van der Waals surface area contributed by atoms with Gasteiger partial charge in [0.15, 0.2) is 0 Å². The third-order valence-electron chi connectivity index (χ3n) is 2.99. The van der Waals surface area contributed by atoms with Gasteiger partial charge in [0.25, 0.3) is 0 Å². The van der Waals surface area contributed by atoms with Gasteiger partial charge in [-0.2, -0.15) is 0 Å². The first-order valence-corrected chi connectivity index (χ1v) is 6.10. The summed E-state index contributed by atoms with van der Waals surface area (Å²) in [7, 11) is 1.57. The summed E-state index contributed by atoms with van der Waals surface area (Å²) in [6.45, 7) is 0.274. The van der Waals surface area contributed by atoms with Gasteiger partial charge in [-0.1, -0.05) is 12.2 Å². The van der Waals surface area contributed by atoms with Crippen molar-refractivity contribution in [2.45, 2.75) is 25.9 Å². The van der Waals surface area contributed by atoms with Crippen LogP contribution in [-0.4, -0.2) is 18.1 Å². The minimum atomic E-state index is -0.116. The number of aromatic nitrogens is 1. The first-order chi connectivity index (χ1) is 8.79. The summed E-state index contributed by atoms with van der Waals surface area (Å²) in [6, 6.07) is 3.60. The van der Waals surface area contributed by atoms with Crippen molar-refractivity contribution in [1.82, 2.24) is 4.98 Å². The molecule has 2 rings (SSSR count). The van der Waals surface area contributed by atoms with Crippen LogP contribution in [0.15, 0.2) is 30.5 Å². The highest BCUT2D eigenvalue weighted by Gasteiger charge is 2.19. The van der Waals surface area contributed by atoms with Crippen LogP contribution in [-0.2, 0) is 16.1 Å². The average Bonchev–Trinajstić information content (AvgIpc) is 2.46. The molecular weight excluding hydrogens is 230 g/mol. The number of carbonyl (C=O) groups excluding carboxylic acids is 1. The molecule has 18 heavy (non-hydrogen) atoms. The Morgan fingerprint density at radius 1 is 1.44 bits per heavy atom. The maximum absolute atomic E-state index is 11.8. The molecule has 4 nitrogen and oxygen atoms in total. The van der Waals surface area contributed by atoms with E-state index in [-0.39, 0.29) is 18.5 Å². The molecule has 0 fully saturated rings. The summed E-state index contributed by atoms with van der Waals surface area (Å²) in [6.07, 6.45) is 8.45. The van der Waals surface area contributed by atoms with E-state index in [1.807, 2.05) is 12.1 Å². The molecule has 0 aliphatic heterocycles. The Hall–Kier alpha value is -1.84. The number of nitrogens with zero attached hydrogens (tertiary/aromatic N) is 1. The lowest BCUT2D eigenvalue weighted by molar-refractivity contribution is -0.150. The van der Waals surface area contributed by atoms with Crippen LogP contribution in [0.25, 0.3) is 0 Å².